The molecule has 42 heavy (non-hydrogen) atoms. The standard InChI is InChI=1S/C33H63N3O6/c1-3-5-7-9-11-13-15-17-21-29(38)27-35(26-28(37)20-16-14-12-10-8-6-4-2)25-19-18-22-30(34)33(41)42-36-31(39)23-24-32(36)40/h28-30,37-38H,3-27,34H2,1-2H3/t28-,29-,30-/m0/s1. The van der Waals surface area contributed by atoms with Gasteiger partial charge in [0.1, 0.15) is 6.04 Å². The van der Waals surface area contributed by atoms with Crippen LogP contribution in [-0.2, 0) is 19.2 Å². The highest BCUT2D eigenvalue weighted by atomic mass is 16.7. The molecule has 0 aromatic rings. The van der Waals surface area contributed by atoms with E-state index < -0.39 is 36.0 Å². The van der Waals surface area contributed by atoms with E-state index in [2.05, 4.69) is 18.7 Å². The number of hydrogen-bond donors (Lipinski definition) is 3. The number of hydroxylamine groups is 2. The van der Waals surface area contributed by atoms with E-state index in [-0.39, 0.29) is 12.8 Å². The summed E-state index contributed by atoms with van der Waals surface area (Å²) in [4.78, 5) is 42.7. The van der Waals surface area contributed by atoms with E-state index in [9.17, 15) is 24.6 Å². The second kappa shape index (κ2) is 24.8. The number of aliphatic hydroxyl groups excluding tert-OH is 2. The molecule has 0 radical (unpaired) electrons. The minimum Gasteiger partial charge on any atom is -0.392 e. The van der Waals surface area contributed by atoms with Crippen LogP contribution < -0.4 is 5.73 Å². The van der Waals surface area contributed by atoms with Crippen LogP contribution in [0.5, 0.6) is 0 Å². The van der Waals surface area contributed by atoms with E-state index in [0.717, 1.165) is 44.9 Å². The topological polar surface area (TPSA) is 133 Å². The van der Waals surface area contributed by atoms with E-state index >= 15 is 0 Å². The summed E-state index contributed by atoms with van der Waals surface area (Å²) in [6, 6.07) is -0.921. The molecule has 1 rings (SSSR count). The van der Waals surface area contributed by atoms with Gasteiger partial charge < -0.3 is 20.8 Å². The lowest BCUT2D eigenvalue weighted by Gasteiger charge is -2.27. The van der Waals surface area contributed by atoms with E-state index in [1.54, 1.807) is 0 Å². The lowest BCUT2D eigenvalue weighted by Crippen LogP contribution is -2.40. The first kappa shape index (κ1) is 38.5. The number of carbonyl (C=O) groups is 3. The van der Waals surface area contributed by atoms with Crippen molar-refractivity contribution < 1.29 is 29.4 Å². The van der Waals surface area contributed by atoms with Crippen LogP contribution in [-0.4, -0.2) is 75.8 Å². The normalized spacial score (nSPS) is 15.9. The Bertz CT molecular complexity index is 706. The Labute approximate surface area is 255 Å². The van der Waals surface area contributed by atoms with Crippen molar-refractivity contribution in [1.82, 2.24) is 9.96 Å². The second-order valence-electron chi connectivity index (χ2n) is 12.3. The van der Waals surface area contributed by atoms with Crippen LogP contribution in [0.3, 0.4) is 0 Å². The van der Waals surface area contributed by atoms with E-state index in [1.165, 1.54) is 70.6 Å². The zero-order valence-electron chi connectivity index (χ0n) is 26.9. The van der Waals surface area contributed by atoms with Gasteiger partial charge >= 0.3 is 5.97 Å². The van der Waals surface area contributed by atoms with Crippen molar-refractivity contribution in [3.8, 4) is 0 Å². The first-order valence-corrected chi connectivity index (χ1v) is 17.2. The number of nitrogens with zero attached hydrogens (tertiary/aromatic N) is 2. The van der Waals surface area contributed by atoms with Gasteiger partial charge in [0.05, 0.1) is 12.2 Å². The molecule has 0 unspecified atom stereocenters. The number of unbranched alkanes of at least 4 members (excludes halogenated alkanes) is 14. The summed E-state index contributed by atoms with van der Waals surface area (Å²) in [6.07, 6.45) is 20.9. The van der Waals surface area contributed by atoms with Crippen molar-refractivity contribution in [3.05, 3.63) is 0 Å². The van der Waals surface area contributed by atoms with Crippen molar-refractivity contribution in [2.24, 2.45) is 5.73 Å². The smallest absolute Gasteiger partial charge is 0.349 e. The molecule has 1 aliphatic rings. The van der Waals surface area contributed by atoms with Gasteiger partial charge in [0, 0.05) is 25.9 Å². The van der Waals surface area contributed by atoms with E-state index in [1.807, 2.05) is 0 Å². The molecule has 9 nitrogen and oxygen atoms in total. The first-order chi connectivity index (χ1) is 20.3. The highest BCUT2D eigenvalue weighted by Crippen LogP contribution is 2.16. The molecule has 1 heterocycles. The first-order valence-electron chi connectivity index (χ1n) is 17.2. The molecule has 4 N–H and O–H groups in total. The fourth-order valence-electron chi connectivity index (χ4n) is 5.52. The summed E-state index contributed by atoms with van der Waals surface area (Å²) in [6.45, 7) is 6.19. The minimum absolute atomic E-state index is 0.0485. The molecule has 0 bridgehead atoms. The van der Waals surface area contributed by atoms with Crippen molar-refractivity contribution in [2.75, 3.05) is 19.6 Å². The van der Waals surface area contributed by atoms with Crippen LogP contribution in [0, 0.1) is 0 Å². The summed E-state index contributed by atoms with van der Waals surface area (Å²) < 4.78 is 0. The Morgan fingerprint density at radius 2 is 1.12 bits per heavy atom. The Hall–Kier alpha value is -1.55. The summed E-state index contributed by atoms with van der Waals surface area (Å²) in [5, 5.41) is 22.0. The molecule has 0 aromatic heterocycles. The molecule has 1 fully saturated rings. The van der Waals surface area contributed by atoms with Crippen LogP contribution in [0.25, 0.3) is 0 Å². The van der Waals surface area contributed by atoms with Gasteiger partial charge in [-0.2, -0.15) is 0 Å². The Kier molecular flexibility index (Phi) is 22.8. The van der Waals surface area contributed by atoms with Crippen LogP contribution in [0.4, 0.5) is 0 Å². The predicted molar refractivity (Wildman–Crippen MR) is 167 cm³/mol. The molecule has 0 spiro atoms. The molecule has 1 aliphatic heterocycles. The molecule has 2 amide bonds. The number of carbonyl (C=O) groups excluding carboxylic acids is 3. The third kappa shape index (κ3) is 18.9. The van der Waals surface area contributed by atoms with Crippen LogP contribution in [0.15, 0.2) is 0 Å². The number of hydrogen-bond acceptors (Lipinski definition) is 8. The fraction of sp³-hybridized carbons (Fsp3) is 0.909. The average Bonchev–Trinajstić information content (AvgIpc) is 3.28. The number of imide groups is 1. The lowest BCUT2D eigenvalue weighted by molar-refractivity contribution is -0.198. The monoisotopic (exact) mass is 597 g/mol. The summed E-state index contributed by atoms with van der Waals surface area (Å²) >= 11 is 0. The molecule has 3 atom stereocenters. The summed E-state index contributed by atoms with van der Waals surface area (Å²) in [7, 11) is 0. The SMILES string of the molecule is CCCCCCCCCC[C@H](O)CN(CCCC[C@H](N)C(=O)ON1C(=O)CCC1=O)C[C@@H](O)CCCCCCCCC. The quantitative estimate of drug-likeness (QED) is 0.0763. The largest absolute Gasteiger partial charge is 0.392 e. The second-order valence-corrected chi connectivity index (χ2v) is 12.3. The van der Waals surface area contributed by atoms with Gasteiger partial charge in [0.25, 0.3) is 11.8 Å². The zero-order chi connectivity index (χ0) is 31.0. The van der Waals surface area contributed by atoms with Crippen molar-refractivity contribution in [2.45, 2.75) is 173 Å². The highest BCUT2D eigenvalue weighted by molar-refractivity contribution is 6.01. The molecule has 0 saturated carbocycles. The molecule has 9 heteroatoms. The van der Waals surface area contributed by atoms with Crippen LogP contribution >= 0.6 is 0 Å². The maximum absolute atomic E-state index is 12.3. The third-order valence-electron chi connectivity index (χ3n) is 8.20. The molecular weight excluding hydrogens is 534 g/mol. The van der Waals surface area contributed by atoms with Crippen molar-refractivity contribution in [3.63, 3.8) is 0 Å². The van der Waals surface area contributed by atoms with Crippen LogP contribution in [0.1, 0.15) is 155 Å². The Morgan fingerprint density at radius 3 is 1.57 bits per heavy atom. The van der Waals surface area contributed by atoms with Gasteiger partial charge in [-0.05, 0) is 32.2 Å². The maximum atomic E-state index is 12.3. The van der Waals surface area contributed by atoms with Gasteiger partial charge in [-0.1, -0.05) is 117 Å². The van der Waals surface area contributed by atoms with Gasteiger partial charge in [0.2, 0.25) is 0 Å². The number of rotatable bonds is 28. The van der Waals surface area contributed by atoms with Gasteiger partial charge in [-0.3, -0.25) is 14.5 Å². The number of aliphatic hydroxyl groups is 2. The number of nitrogens with two attached hydrogens (primary N) is 1. The van der Waals surface area contributed by atoms with E-state index in [0.29, 0.717) is 37.5 Å². The molecule has 0 aromatic carbocycles. The summed E-state index contributed by atoms with van der Waals surface area (Å²) in [5.41, 5.74) is 5.97. The van der Waals surface area contributed by atoms with Crippen molar-refractivity contribution >= 4 is 17.8 Å². The molecule has 0 aliphatic carbocycles. The lowest BCUT2D eigenvalue weighted by atomic mass is 10.0. The average molecular weight is 598 g/mol. The predicted octanol–water partition coefficient (Wildman–Crippen LogP) is 5.79. The highest BCUT2D eigenvalue weighted by Gasteiger charge is 2.34. The van der Waals surface area contributed by atoms with Crippen LogP contribution in [0.2, 0.25) is 0 Å². The van der Waals surface area contributed by atoms with Gasteiger partial charge in [-0.15, -0.1) is 5.06 Å². The molecular formula is C33H63N3O6. The van der Waals surface area contributed by atoms with Gasteiger partial charge in [-0.25, -0.2) is 4.79 Å². The number of amides is 2. The molecule has 246 valence electrons. The molecule has 1 saturated heterocycles. The van der Waals surface area contributed by atoms with Gasteiger partial charge in [0.15, 0.2) is 0 Å². The zero-order valence-corrected chi connectivity index (χ0v) is 26.9. The maximum Gasteiger partial charge on any atom is 0.349 e. The minimum atomic E-state index is -0.921. The Morgan fingerprint density at radius 1 is 0.714 bits per heavy atom. The van der Waals surface area contributed by atoms with Crippen molar-refractivity contribution in [1.29, 1.82) is 0 Å². The third-order valence-corrected chi connectivity index (χ3v) is 8.20. The fourth-order valence-corrected chi connectivity index (χ4v) is 5.52. The summed E-state index contributed by atoms with van der Waals surface area (Å²) in [5.74, 6) is -1.81. The van der Waals surface area contributed by atoms with E-state index in [4.69, 9.17) is 10.6 Å². The Balaban J connectivity index is 2.41.